The minimum atomic E-state index is -0.595. The molecule has 2 aromatic rings. The lowest BCUT2D eigenvalue weighted by atomic mass is 9.79. The third-order valence-electron chi connectivity index (χ3n) is 4.62. The molecule has 0 spiro atoms. The van der Waals surface area contributed by atoms with Crippen LogP contribution >= 0.6 is 0 Å². The molecule has 2 aromatic carbocycles. The van der Waals surface area contributed by atoms with Crippen molar-refractivity contribution in [3.63, 3.8) is 0 Å². The molecule has 0 saturated heterocycles. The van der Waals surface area contributed by atoms with Crippen molar-refractivity contribution < 1.29 is 9.59 Å². The van der Waals surface area contributed by atoms with Crippen LogP contribution in [0.25, 0.3) is 10.8 Å². The Morgan fingerprint density at radius 3 is 2.18 bits per heavy atom. The molecule has 0 aromatic heterocycles. The Labute approximate surface area is 129 Å². The van der Waals surface area contributed by atoms with Gasteiger partial charge in [0.25, 0.3) is 0 Å². The van der Waals surface area contributed by atoms with Gasteiger partial charge in [-0.25, -0.2) is 0 Å². The lowest BCUT2D eigenvalue weighted by Gasteiger charge is -2.25. The third-order valence-corrected chi connectivity index (χ3v) is 4.62. The fraction of sp³-hybridized carbons (Fsp3) is 0.333. The van der Waals surface area contributed by atoms with Crippen LogP contribution in [0.3, 0.4) is 0 Å². The van der Waals surface area contributed by atoms with E-state index >= 15 is 0 Å². The predicted molar refractivity (Wildman–Crippen MR) is 86.8 cm³/mol. The number of primary amides is 2. The molecule has 4 nitrogen and oxygen atoms in total. The molecule has 1 aliphatic carbocycles. The molecule has 4 N–H and O–H groups in total. The van der Waals surface area contributed by atoms with Gasteiger partial charge in [-0.2, -0.15) is 0 Å². The van der Waals surface area contributed by atoms with E-state index in [0.717, 1.165) is 36.6 Å². The first kappa shape index (κ1) is 14.6. The summed E-state index contributed by atoms with van der Waals surface area (Å²) in [5.41, 5.74) is 12.7. The first-order valence-electron chi connectivity index (χ1n) is 7.75. The van der Waals surface area contributed by atoms with Crippen LogP contribution in [0.5, 0.6) is 0 Å². The monoisotopic (exact) mass is 296 g/mol. The second-order valence-corrected chi connectivity index (χ2v) is 6.00. The van der Waals surface area contributed by atoms with Gasteiger partial charge >= 0.3 is 0 Å². The van der Waals surface area contributed by atoms with Crippen molar-refractivity contribution in [1.29, 1.82) is 0 Å². The highest BCUT2D eigenvalue weighted by Gasteiger charge is 2.26. The average molecular weight is 296 g/mol. The van der Waals surface area contributed by atoms with Crippen LogP contribution in [-0.4, -0.2) is 11.8 Å². The zero-order valence-corrected chi connectivity index (χ0v) is 12.5. The average Bonchev–Trinajstić information content (AvgIpc) is 2.53. The van der Waals surface area contributed by atoms with Gasteiger partial charge in [-0.05, 0) is 35.1 Å². The maximum Gasteiger partial charge on any atom is 0.250 e. The molecule has 0 bridgehead atoms. The van der Waals surface area contributed by atoms with E-state index in [1.165, 1.54) is 6.42 Å². The van der Waals surface area contributed by atoms with Crippen LogP contribution in [0.1, 0.15) is 64.3 Å². The minimum absolute atomic E-state index is 0.270. The van der Waals surface area contributed by atoms with Gasteiger partial charge in [0.1, 0.15) is 0 Å². The number of carbonyl (C=O) groups is 2. The summed E-state index contributed by atoms with van der Waals surface area (Å²) in [4.78, 5) is 24.0. The highest BCUT2D eigenvalue weighted by Crippen LogP contribution is 2.38. The Morgan fingerprint density at radius 2 is 1.55 bits per heavy atom. The fourth-order valence-electron chi connectivity index (χ4n) is 3.63. The van der Waals surface area contributed by atoms with E-state index in [4.69, 9.17) is 11.5 Å². The molecule has 4 heteroatoms. The van der Waals surface area contributed by atoms with E-state index in [1.54, 1.807) is 0 Å². The maximum atomic E-state index is 12.0. The highest BCUT2D eigenvalue weighted by molar-refractivity contribution is 6.15. The molecule has 3 rings (SSSR count). The molecule has 0 atom stereocenters. The molecule has 114 valence electrons. The predicted octanol–water partition coefficient (Wildman–Crippen LogP) is 3.09. The van der Waals surface area contributed by atoms with Crippen molar-refractivity contribution in [3.05, 3.63) is 47.0 Å². The summed E-state index contributed by atoms with van der Waals surface area (Å²) < 4.78 is 0. The second kappa shape index (κ2) is 5.79. The van der Waals surface area contributed by atoms with E-state index in [-0.39, 0.29) is 11.5 Å². The number of fused-ring (bicyclic) bond motifs is 1. The summed E-state index contributed by atoms with van der Waals surface area (Å²) in [6.07, 6.45) is 5.55. The SMILES string of the molecule is NC(=O)c1c(C2CCCCC2)cc2ccccc2c1C(N)=O. The molecule has 0 heterocycles. The van der Waals surface area contributed by atoms with Gasteiger partial charge in [0.2, 0.25) is 11.8 Å². The summed E-state index contributed by atoms with van der Waals surface area (Å²) in [6.45, 7) is 0. The summed E-state index contributed by atoms with van der Waals surface area (Å²) >= 11 is 0. The standard InChI is InChI=1S/C18H20N2O2/c19-17(21)15-13-9-5-4-8-12(13)10-14(16(15)18(20)22)11-6-2-1-3-7-11/h4-5,8-11H,1-3,6-7H2,(H2,19,21)(H2,20,22). The number of carbonyl (C=O) groups excluding carboxylic acids is 2. The maximum absolute atomic E-state index is 12.0. The molecule has 1 aliphatic rings. The lowest BCUT2D eigenvalue weighted by Crippen LogP contribution is -2.24. The Bertz CT molecular complexity index is 746. The van der Waals surface area contributed by atoms with Crippen LogP contribution < -0.4 is 11.5 Å². The topological polar surface area (TPSA) is 86.2 Å². The number of hydrogen-bond acceptors (Lipinski definition) is 2. The van der Waals surface area contributed by atoms with Gasteiger partial charge in [-0.15, -0.1) is 0 Å². The van der Waals surface area contributed by atoms with Crippen LogP contribution in [0.15, 0.2) is 30.3 Å². The van der Waals surface area contributed by atoms with Gasteiger partial charge in [0, 0.05) is 0 Å². The minimum Gasteiger partial charge on any atom is -0.366 e. The molecule has 0 radical (unpaired) electrons. The molecule has 1 saturated carbocycles. The van der Waals surface area contributed by atoms with Gasteiger partial charge in [-0.1, -0.05) is 49.6 Å². The van der Waals surface area contributed by atoms with E-state index < -0.39 is 11.8 Å². The van der Waals surface area contributed by atoms with Crippen LogP contribution in [0.2, 0.25) is 0 Å². The second-order valence-electron chi connectivity index (χ2n) is 6.00. The number of rotatable bonds is 3. The highest BCUT2D eigenvalue weighted by atomic mass is 16.2. The van der Waals surface area contributed by atoms with E-state index in [2.05, 4.69) is 0 Å². The molecule has 0 aliphatic heterocycles. The molecule has 22 heavy (non-hydrogen) atoms. The van der Waals surface area contributed by atoms with E-state index in [1.807, 2.05) is 30.3 Å². The van der Waals surface area contributed by atoms with Crippen molar-refractivity contribution >= 4 is 22.6 Å². The van der Waals surface area contributed by atoms with Crippen molar-refractivity contribution in [1.82, 2.24) is 0 Å². The first-order valence-corrected chi connectivity index (χ1v) is 7.75. The molecule has 2 amide bonds. The van der Waals surface area contributed by atoms with Gasteiger partial charge in [-0.3, -0.25) is 9.59 Å². The van der Waals surface area contributed by atoms with Gasteiger partial charge in [0.15, 0.2) is 0 Å². The smallest absolute Gasteiger partial charge is 0.250 e. The Hall–Kier alpha value is -2.36. The Kier molecular flexibility index (Phi) is 3.84. The summed E-state index contributed by atoms with van der Waals surface area (Å²) in [6, 6.07) is 9.52. The van der Waals surface area contributed by atoms with Crippen LogP contribution in [-0.2, 0) is 0 Å². The zero-order chi connectivity index (χ0) is 15.7. The molecule has 0 unspecified atom stereocenters. The number of benzene rings is 2. The van der Waals surface area contributed by atoms with Crippen molar-refractivity contribution in [3.8, 4) is 0 Å². The zero-order valence-electron chi connectivity index (χ0n) is 12.5. The first-order chi connectivity index (χ1) is 10.6. The molecular formula is C18H20N2O2. The van der Waals surface area contributed by atoms with Crippen molar-refractivity contribution in [2.75, 3.05) is 0 Å². The fourth-order valence-corrected chi connectivity index (χ4v) is 3.63. The van der Waals surface area contributed by atoms with E-state index in [9.17, 15) is 9.59 Å². The van der Waals surface area contributed by atoms with Gasteiger partial charge in [0.05, 0.1) is 11.1 Å². The summed E-state index contributed by atoms with van der Waals surface area (Å²) in [5.74, 6) is -0.887. The largest absolute Gasteiger partial charge is 0.366 e. The Balaban J connectivity index is 2.32. The van der Waals surface area contributed by atoms with Crippen molar-refractivity contribution in [2.45, 2.75) is 38.0 Å². The number of hydrogen-bond donors (Lipinski definition) is 2. The number of nitrogens with two attached hydrogens (primary N) is 2. The van der Waals surface area contributed by atoms with Crippen LogP contribution in [0, 0.1) is 0 Å². The number of amides is 2. The molecular weight excluding hydrogens is 276 g/mol. The normalized spacial score (nSPS) is 15.8. The Morgan fingerprint density at radius 1 is 0.909 bits per heavy atom. The lowest BCUT2D eigenvalue weighted by molar-refractivity contribution is 0.0967. The van der Waals surface area contributed by atoms with Crippen molar-refractivity contribution in [2.24, 2.45) is 11.5 Å². The van der Waals surface area contributed by atoms with Crippen LogP contribution in [0.4, 0.5) is 0 Å². The third kappa shape index (κ3) is 2.45. The van der Waals surface area contributed by atoms with E-state index in [0.29, 0.717) is 10.9 Å². The van der Waals surface area contributed by atoms with Gasteiger partial charge < -0.3 is 11.5 Å². The quantitative estimate of drug-likeness (QED) is 0.911. The summed E-state index contributed by atoms with van der Waals surface area (Å²) in [7, 11) is 0. The molecule has 1 fully saturated rings. The summed E-state index contributed by atoms with van der Waals surface area (Å²) in [5, 5.41) is 1.63.